The zero-order chi connectivity index (χ0) is 20.0. The molecule has 0 radical (unpaired) electrons. The molecule has 3 aromatic rings. The van der Waals surface area contributed by atoms with E-state index in [0.29, 0.717) is 17.4 Å². The van der Waals surface area contributed by atoms with E-state index in [4.69, 9.17) is 26.1 Å². The molecule has 0 saturated heterocycles. The first-order chi connectivity index (χ1) is 13.4. The maximum Gasteiger partial charge on any atom is 0.263 e. The lowest BCUT2D eigenvalue weighted by molar-refractivity contribution is -0.0168. The molecule has 5 nitrogen and oxygen atoms in total. The zero-order valence-corrected chi connectivity index (χ0v) is 18.6. The molecule has 0 spiro atoms. The predicted octanol–water partition coefficient (Wildman–Crippen LogP) is 5.47. The fourth-order valence-electron chi connectivity index (χ4n) is 3.35. The van der Waals surface area contributed by atoms with Crippen LogP contribution in [0.2, 0.25) is 5.02 Å². The van der Waals surface area contributed by atoms with Crippen molar-refractivity contribution < 1.29 is 9.47 Å². The maximum absolute atomic E-state index is 13.2. The standard InChI is InChI=1S/C20H21ClN2O3S2/c1-10(2)23-19(24)16-11(3)12(4)28-18(16)22-20(23)27-8-14-6-15(21)5-13-7-25-9-26-17(13)14/h5-6,10H,7-9H2,1-4H3. The summed E-state index contributed by atoms with van der Waals surface area (Å²) < 4.78 is 12.8. The molecule has 1 aliphatic heterocycles. The summed E-state index contributed by atoms with van der Waals surface area (Å²) in [6.45, 7) is 8.77. The number of fused-ring (bicyclic) bond motifs is 2. The van der Waals surface area contributed by atoms with Crippen LogP contribution in [0.5, 0.6) is 5.75 Å². The molecule has 4 rings (SSSR count). The van der Waals surface area contributed by atoms with Crippen molar-refractivity contribution >= 4 is 44.9 Å². The summed E-state index contributed by atoms with van der Waals surface area (Å²) in [4.78, 5) is 19.9. The van der Waals surface area contributed by atoms with Crippen LogP contribution < -0.4 is 10.3 Å². The van der Waals surface area contributed by atoms with Crippen molar-refractivity contribution in [1.29, 1.82) is 0 Å². The van der Waals surface area contributed by atoms with Crippen LogP contribution in [0.4, 0.5) is 0 Å². The minimum Gasteiger partial charge on any atom is -0.467 e. The third kappa shape index (κ3) is 3.45. The Kier molecular flexibility index (Phi) is 5.44. The van der Waals surface area contributed by atoms with Gasteiger partial charge < -0.3 is 9.47 Å². The van der Waals surface area contributed by atoms with Gasteiger partial charge in [0.2, 0.25) is 0 Å². The first kappa shape index (κ1) is 19.8. The fourth-order valence-corrected chi connectivity index (χ4v) is 5.78. The Hall–Kier alpha value is -1.54. The molecule has 148 valence electrons. The molecule has 0 bridgehead atoms. The quantitative estimate of drug-likeness (QED) is 0.401. The summed E-state index contributed by atoms with van der Waals surface area (Å²) in [7, 11) is 0. The Balaban J connectivity index is 1.76. The number of ether oxygens (including phenoxy) is 2. The molecule has 0 amide bonds. The lowest BCUT2D eigenvalue weighted by atomic mass is 10.1. The van der Waals surface area contributed by atoms with Crippen molar-refractivity contribution in [3.8, 4) is 5.75 Å². The van der Waals surface area contributed by atoms with Crippen LogP contribution in [0.25, 0.3) is 10.2 Å². The van der Waals surface area contributed by atoms with Gasteiger partial charge in [0, 0.05) is 32.8 Å². The summed E-state index contributed by atoms with van der Waals surface area (Å²) in [5.74, 6) is 1.43. The van der Waals surface area contributed by atoms with Gasteiger partial charge in [0.15, 0.2) is 11.9 Å². The minimum atomic E-state index is 0.0180. The summed E-state index contributed by atoms with van der Waals surface area (Å²) in [5, 5.41) is 2.10. The average Bonchev–Trinajstić information content (AvgIpc) is 2.93. The number of halogens is 1. The van der Waals surface area contributed by atoms with E-state index in [1.54, 1.807) is 15.9 Å². The van der Waals surface area contributed by atoms with Gasteiger partial charge in [-0.05, 0) is 45.4 Å². The number of hydrogen-bond acceptors (Lipinski definition) is 6. The molecule has 0 N–H and O–H groups in total. The molecule has 2 aromatic heterocycles. The molecule has 28 heavy (non-hydrogen) atoms. The maximum atomic E-state index is 13.2. The highest BCUT2D eigenvalue weighted by atomic mass is 35.5. The van der Waals surface area contributed by atoms with Crippen molar-refractivity contribution in [3.05, 3.63) is 49.1 Å². The molecule has 0 aliphatic carbocycles. The first-order valence-corrected chi connectivity index (χ1v) is 11.2. The minimum absolute atomic E-state index is 0.0180. The Morgan fingerprint density at radius 2 is 2.14 bits per heavy atom. The molecule has 0 unspecified atom stereocenters. The number of nitrogens with zero attached hydrogens (tertiary/aromatic N) is 2. The van der Waals surface area contributed by atoms with E-state index in [1.807, 2.05) is 39.8 Å². The Labute approximate surface area is 176 Å². The molecule has 8 heteroatoms. The van der Waals surface area contributed by atoms with Gasteiger partial charge in [0.05, 0.1) is 12.0 Å². The van der Waals surface area contributed by atoms with E-state index in [9.17, 15) is 4.79 Å². The van der Waals surface area contributed by atoms with Gasteiger partial charge in [-0.25, -0.2) is 4.98 Å². The van der Waals surface area contributed by atoms with Gasteiger partial charge in [-0.3, -0.25) is 9.36 Å². The van der Waals surface area contributed by atoms with Crippen LogP contribution in [0.3, 0.4) is 0 Å². The first-order valence-electron chi connectivity index (χ1n) is 9.03. The molecule has 0 fully saturated rings. The van der Waals surface area contributed by atoms with E-state index in [1.165, 1.54) is 11.8 Å². The summed E-state index contributed by atoms with van der Waals surface area (Å²) in [6.07, 6.45) is 0. The van der Waals surface area contributed by atoms with Crippen LogP contribution in [0.15, 0.2) is 22.1 Å². The molecular weight excluding hydrogens is 416 g/mol. The number of thiophene rings is 1. The van der Waals surface area contributed by atoms with Gasteiger partial charge in [-0.2, -0.15) is 0 Å². The number of benzene rings is 1. The SMILES string of the molecule is Cc1sc2nc(SCc3cc(Cl)cc4c3OCOC4)n(C(C)C)c(=O)c2c1C. The third-order valence-corrected chi connectivity index (χ3v) is 7.15. The lowest BCUT2D eigenvalue weighted by Crippen LogP contribution is -2.25. The van der Waals surface area contributed by atoms with Crippen LogP contribution in [0.1, 0.15) is 41.5 Å². The van der Waals surface area contributed by atoms with Gasteiger partial charge in [0.25, 0.3) is 5.56 Å². The highest BCUT2D eigenvalue weighted by Crippen LogP contribution is 2.36. The van der Waals surface area contributed by atoms with Crippen LogP contribution in [0, 0.1) is 13.8 Å². The summed E-state index contributed by atoms with van der Waals surface area (Å²) in [6, 6.07) is 3.80. The molecule has 1 aliphatic rings. The van der Waals surface area contributed by atoms with Crippen molar-refractivity contribution in [2.45, 2.75) is 51.3 Å². The van der Waals surface area contributed by atoms with Crippen molar-refractivity contribution in [1.82, 2.24) is 9.55 Å². The lowest BCUT2D eigenvalue weighted by Gasteiger charge is -2.21. The van der Waals surface area contributed by atoms with E-state index in [-0.39, 0.29) is 18.4 Å². The monoisotopic (exact) mass is 436 g/mol. The van der Waals surface area contributed by atoms with Gasteiger partial charge in [0.1, 0.15) is 10.6 Å². The van der Waals surface area contributed by atoms with Gasteiger partial charge in [-0.15, -0.1) is 11.3 Å². The Bertz CT molecular complexity index is 1120. The van der Waals surface area contributed by atoms with Gasteiger partial charge >= 0.3 is 0 Å². The molecule has 0 saturated carbocycles. The average molecular weight is 437 g/mol. The highest BCUT2D eigenvalue weighted by Gasteiger charge is 2.21. The predicted molar refractivity (Wildman–Crippen MR) is 115 cm³/mol. The van der Waals surface area contributed by atoms with E-state index in [2.05, 4.69) is 0 Å². The van der Waals surface area contributed by atoms with E-state index < -0.39 is 0 Å². The second-order valence-electron chi connectivity index (χ2n) is 7.08. The van der Waals surface area contributed by atoms with Crippen molar-refractivity contribution in [3.63, 3.8) is 0 Å². The normalized spacial score (nSPS) is 13.8. The fraction of sp³-hybridized carbons (Fsp3) is 0.400. The highest BCUT2D eigenvalue weighted by molar-refractivity contribution is 7.98. The van der Waals surface area contributed by atoms with Crippen LogP contribution >= 0.6 is 34.7 Å². The molecule has 0 atom stereocenters. The molecule has 3 heterocycles. The van der Waals surface area contributed by atoms with E-state index in [0.717, 1.165) is 42.7 Å². The van der Waals surface area contributed by atoms with Crippen LogP contribution in [-0.2, 0) is 17.1 Å². The number of aromatic nitrogens is 2. The second-order valence-corrected chi connectivity index (χ2v) is 9.66. The molecule has 1 aromatic carbocycles. The number of aryl methyl sites for hydroxylation is 2. The van der Waals surface area contributed by atoms with Crippen molar-refractivity contribution in [2.24, 2.45) is 0 Å². The summed E-state index contributed by atoms with van der Waals surface area (Å²) in [5.41, 5.74) is 2.99. The number of rotatable bonds is 4. The topological polar surface area (TPSA) is 53.4 Å². The largest absolute Gasteiger partial charge is 0.467 e. The third-order valence-electron chi connectivity index (χ3n) is 4.83. The smallest absolute Gasteiger partial charge is 0.263 e. The Morgan fingerprint density at radius 1 is 1.36 bits per heavy atom. The van der Waals surface area contributed by atoms with Crippen molar-refractivity contribution in [2.75, 3.05) is 6.79 Å². The Morgan fingerprint density at radius 3 is 2.89 bits per heavy atom. The van der Waals surface area contributed by atoms with Gasteiger partial charge in [-0.1, -0.05) is 23.4 Å². The zero-order valence-electron chi connectivity index (χ0n) is 16.2. The number of thioether (sulfide) groups is 1. The number of hydrogen-bond donors (Lipinski definition) is 0. The van der Waals surface area contributed by atoms with E-state index >= 15 is 0 Å². The summed E-state index contributed by atoms with van der Waals surface area (Å²) >= 11 is 9.39. The molecular formula is C20H21ClN2O3S2. The van der Waals surface area contributed by atoms with Crippen LogP contribution in [-0.4, -0.2) is 16.3 Å². The second kappa shape index (κ2) is 7.71.